The first kappa shape index (κ1) is 24.3. The molecule has 1 N–H and O–H groups in total. The van der Waals surface area contributed by atoms with E-state index < -0.39 is 20.2 Å². The Hall–Kier alpha value is -2.44. The molecule has 35 heavy (non-hydrogen) atoms. The number of halogens is 3. The Morgan fingerprint density at radius 1 is 1.17 bits per heavy atom. The fourth-order valence-electron chi connectivity index (χ4n) is 4.30. The van der Waals surface area contributed by atoms with E-state index in [1.54, 1.807) is 10.9 Å². The highest BCUT2D eigenvalue weighted by Crippen LogP contribution is 2.43. The first-order chi connectivity index (χ1) is 16.3. The van der Waals surface area contributed by atoms with Gasteiger partial charge in [-0.2, -0.15) is 18.3 Å². The van der Waals surface area contributed by atoms with Crippen LogP contribution in [0.4, 0.5) is 19.0 Å². The van der Waals surface area contributed by atoms with Gasteiger partial charge in [0.1, 0.15) is 5.69 Å². The molecule has 0 saturated carbocycles. The summed E-state index contributed by atoms with van der Waals surface area (Å²) in [6.07, 6.45) is 1.23. The molecular weight excluding hydrogens is 475 g/mol. The molecule has 2 atom stereocenters. The molecule has 2 fully saturated rings. The van der Waals surface area contributed by atoms with E-state index in [2.05, 4.69) is 54.2 Å². The largest absolute Gasteiger partial charge is 0.433 e. The van der Waals surface area contributed by atoms with Crippen LogP contribution in [0.5, 0.6) is 0 Å². The monoisotopic (exact) mass is 507 g/mol. The molecule has 0 amide bonds. The average molecular weight is 508 g/mol. The molecule has 0 aliphatic carbocycles. The zero-order chi connectivity index (χ0) is 25.3. The zero-order valence-corrected chi connectivity index (χ0v) is 21.9. The molecule has 0 spiro atoms. The van der Waals surface area contributed by atoms with Crippen molar-refractivity contribution >= 4 is 19.8 Å². The molecule has 2 aliphatic rings. The van der Waals surface area contributed by atoms with E-state index >= 15 is 0 Å². The van der Waals surface area contributed by atoms with Gasteiger partial charge in [-0.25, -0.2) is 9.97 Å². The second-order valence-corrected chi connectivity index (χ2v) is 15.8. The molecule has 0 bridgehead atoms. The lowest BCUT2D eigenvalue weighted by molar-refractivity contribution is -0.141. The highest BCUT2D eigenvalue weighted by Gasteiger charge is 2.47. The van der Waals surface area contributed by atoms with E-state index in [9.17, 15) is 13.2 Å². The average Bonchev–Trinajstić information content (AvgIpc) is 3.36. The maximum Gasteiger partial charge on any atom is 0.433 e. The molecule has 0 aromatic carbocycles. The van der Waals surface area contributed by atoms with Crippen molar-refractivity contribution in [1.82, 2.24) is 29.5 Å². The van der Waals surface area contributed by atoms with Gasteiger partial charge in [-0.05, 0) is 25.1 Å². The number of anilines is 1. The Bertz CT molecular complexity index is 1240. The van der Waals surface area contributed by atoms with Crippen LogP contribution >= 0.6 is 0 Å². The minimum Gasteiger partial charge on any atom is -0.410 e. The Morgan fingerprint density at radius 3 is 2.46 bits per heavy atom. The van der Waals surface area contributed by atoms with Gasteiger partial charge in [-0.3, -0.25) is 9.08 Å². The third kappa shape index (κ3) is 4.04. The van der Waals surface area contributed by atoms with Crippen LogP contribution < -0.4 is 10.2 Å². The van der Waals surface area contributed by atoms with Gasteiger partial charge in [0.05, 0.1) is 24.4 Å². The van der Waals surface area contributed by atoms with Crippen LogP contribution in [0.25, 0.3) is 16.9 Å². The molecule has 5 heterocycles. The molecule has 2 aliphatic heterocycles. The highest BCUT2D eigenvalue weighted by atomic mass is 28.4. The van der Waals surface area contributed by atoms with E-state index in [-0.39, 0.29) is 34.6 Å². The van der Waals surface area contributed by atoms with Gasteiger partial charge >= 0.3 is 6.18 Å². The molecule has 3 aromatic heterocycles. The maximum absolute atomic E-state index is 14.3. The standard InChI is InChI=1S/C23H32F3N7OSi/c1-14-17(34-35(5,6)22(2,3)4)13-32(14)21-20-28-7-8-31(20)19(23(24,25)26)18(30-21)15-9-29-33(12-15)16-10-27-11-16/h7-9,12,14,16-17,27H,10-11,13H2,1-6H3/t14-,17+/m0/s1. The van der Waals surface area contributed by atoms with Crippen molar-refractivity contribution in [2.45, 2.75) is 70.2 Å². The molecule has 2 saturated heterocycles. The number of rotatable bonds is 5. The number of nitrogens with zero attached hydrogens (tertiary/aromatic N) is 6. The number of fused-ring (bicyclic) bond motifs is 1. The summed E-state index contributed by atoms with van der Waals surface area (Å²) in [5.41, 5.74) is -0.461. The molecule has 5 rings (SSSR count). The highest BCUT2D eigenvalue weighted by molar-refractivity contribution is 6.74. The number of aromatic nitrogens is 5. The van der Waals surface area contributed by atoms with Crippen molar-refractivity contribution in [2.24, 2.45) is 0 Å². The lowest BCUT2D eigenvalue weighted by atomic mass is 10.0. The van der Waals surface area contributed by atoms with E-state index in [1.807, 2.05) is 11.8 Å². The number of hydrogen-bond acceptors (Lipinski definition) is 6. The fraction of sp³-hybridized carbons (Fsp3) is 0.609. The summed E-state index contributed by atoms with van der Waals surface area (Å²) >= 11 is 0. The molecule has 0 radical (unpaired) electrons. The van der Waals surface area contributed by atoms with Crippen molar-refractivity contribution in [2.75, 3.05) is 24.5 Å². The van der Waals surface area contributed by atoms with Gasteiger partial charge in [0, 0.05) is 43.8 Å². The summed E-state index contributed by atoms with van der Waals surface area (Å²) in [6, 6.07) is 0.101. The number of nitrogens with one attached hydrogen (secondary N) is 1. The van der Waals surface area contributed by atoms with Gasteiger partial charge < -0.3 is 14.6 Å². The normalized spacial score (nSPS) is 21.9. The van der Waals surface area contributed by atoms with Gasteiger partial charge in [0.2, 0.25) is 0 Å². The van der Waals surface area contributed by atoms with E-state index in [0.717, 1.165) is 17.5 Å². The van der Waals surface area contributed by atoms with Crippen LogP contribution in [0.1, 0.15) is 39.4 Å². The zero-order valence-electron chi connectivity index (χ0n) is 20.9. The molecule has 3 aromatic rings. The first-order valence-electron chi connectivity index (χ1n) is 11.9. The summed E-state index contributed by atoms with van der Waals surface area (Å²) in [5.74, 6) is 0.429. The Balaban J connectivity index is 1.54. The Morgan fingerprint density at radius 2 is 1.89 bits per heavy atom. The molecule has 12 heteroatoms. The fourth-order valence-corrected chi connectivity index (χ4v) is 5.69. The van der Waals surface area contributed by atoms with E-state index in [4.69, 9.17) is 4.43 Å². The summed E-state index contributed by atoms with van der Waals surface area (Å²) in [6.45, 7) is 15.1. The second-order valence-electron chi connectivity index (χ2n) is 11.1. The van der Waals surface area contributed by atoms with Crippen LogP contribution in [0.3, 0.4) is 0 Å². The van der Waals surface area contributed by atoms with E-state index in [1.165, 1.54) is 18.6 Å². The second kappa shape index (κ2) is 8.03. The minimum atomic E-state index is -4.62. The molecule has 0 unspecified atom stereocenters. The third-order valence-electron chi connectivity index (χ3n) is 7.73. The van der Waals surface area contributed by atoms with Crippen molar-refractivity contribution in [3.05, 3.63) is 30.5 Å². The predicted molar refractivity (Wildman–Crippen MR) is 130 cm³/mol. The SMILES string of the molecule is C[C@H]1[C@H](O[Si](C)(C)C(C)(C)C)CN1c1nc(-c2cnn(C3CNC3)c2)c(C(F)(F)F)n2ccnc12. The van der Waals surface area contributed by atoms with E-state index in [0.29, 0.717) is 17.9 Å². The van der Waals surface area contributed by atoms with Crippen molar-refractivity contribution in [3.8, 4) is 11.3 Å². The van der Waals surface area contributed by atoms with Crippen LogP contribution in [0, 0.1) is 0 Å². The van der Waals surface area contributed by atoms with Crippen LogP contribution in [-0.4, -0.2) is 64.2 Å². The summed E-state index contributed by atoms with van der Waals surface area (Å²) in [5, 5.41) is 7.54. The van der Waals surface area contributed by atoms with Gasteiger partial charge in [-0.1, -0.05) is 20.8 Å². The first-order valence-corrected chi connectivity index (χ1v) is 14.8. The number of alkyl halides is 3. The summed E-state index contributed by atoms with van der Waals surface area (Å²) in [4.78, 5) is 10.8. The quantitative estimate of drug-likeness (QED) is 0.518. The van der Waals surface area contributed by atoms with Gasteiger partial charge in [-0.15, -0.1) is 0 Å². The van der Waals surface area contributed by atoms with Crippen molar-refractivity contribution < 1.29 is 17.6 Å². The minimum absolute atomic E-state index is 0.00712. The number of imidazole rings is 1. The lowest BCUT2D eigenvalue weighted by Gasteiger charge is -2.51. The summed E-state index contributed by atoms with van der Waals surface area (Å²) < 4.78 is 52.3. The maximum atomic E-state index is 14.3. The lowest BCUT2D eigenvalue weighted by Crippen LogP contribution is -2.64. The van der Waals surface area contributed by atoms with Crippen LogP contribution in [0.15, 0.2) is 24.8 Å². The molecule has 8 nitrogen and oxygen atoms in total. The van der Waals surface area contributed by atoms with Gasteiger partial charge in [0.25, 0.3) is 0 Å². The van der Waals surface area contributed by atoms with Crippen molar-refractivity contribution in [3.63, 3.8) is 0 Å². The Kier molecular flexibility index (Phi) is 5.57. The summed E-state index contributed by atoms with van der Waals surface area (Å²) in [7, 11) is -1.99. The molecule has 190 valence electrons. The van der Waals surface area contributed by atoms with Crippen molar-refractivity contribution in [1.29, 1.82) is 0 Å². The third-order valence-corrected chi connectivity index (χ3v) is 12.2. The predicted octanol–water partition coefficient (Wildman–Crippen LogP) is 4.35. The Labute approximate surface area is 203 Å². The van der Waals surface area contributed by atoms with Gasteiger partial charge in [0.15, 0.2) is 25.5 Å². The van der Waals surface area contributed by atoms with Crippen LogP contribution in [0.2, 0.25) is 18.1 Å². The topological polar surface area (TPSA) is 72.5 Å². The smallest absolute Gasteiger partial charge is 0.410 e. The molecular formula is C23H32F3N7OSi. The van der Waals surface area contributed by atoms with Crippen LogP contribution in [-0.2, 0) is 10.6 Å². The number of hydrogen-bond donors (Lipinski definition) is 1.